The van der Waals surface area contributed by atoms with Gasteiger partial charge in [0, 0.05) is 17.1 Å². The molecule has 1 fully saturated rings. The molecule has 0 unspecified atom stereocenters. The minimum atomic E-state index is -0.809. The summed E-state index contributed by atoms with van der Waals surface area (Å²) < 4.78 is 18.5. The van der Waals surface area contributed by atoms with Gasteiger partial charge in [-0.1, -0.05) is 0 Å². The lowest BCUT2D eigenvalue weighted by Gasteiger charge is -2.24. The Bertz CT molecular complexity index is 1310. The average molecular weight is 540 g/mol. The zero-order chi connectivity index (χ0) is 26.5. The third-order valence-electron chi connectivity index (χ3n) is 6.01. The normalized spacial score (nSPS) is 15.3. The molecule has 1 aliphatic rings. The van der Waals surface area contributed by atoms with Gasteiger partial charge in [0.2, 0.25) is 5.91 Å². The van der Waals surface area contributed by atoms with Gasteiger partial charge in [-0.2, -0.15) is 0 Å². The topological polar surface area (TPSA) is 78.9 Å². The third kappa shape index (κ3) is 6.03. The second-order valence-electron chi connectivity index (χ2n) is 8.47. The van der Waals surface area contributed by atoms with Crippen LogP contribution >= 0.6 is 23.6 Å². The molecule has 0 aliphatic carbocycles. The lowest BCUT2D eigenvalue weighted by molar-refractivity contribution is -0.124. The van der Waals surface area contributed by atoms with Crippen molar-refractivity contribution < 1.29 is 23.5 Å². The first-order valence-electron chi connectivity index (χ1n) is 11.8. The summed E-state index contributed by atoms with van der Waals surface area (Å²) >= 11 is 7.30. The van der Waals surface area contributed by atoms with Gasteiger partial charge in [0.15, 0.2) is 5.11 Å². The first-order valence-corrected chi connectivity index (χ1v) is 13.1. The minimum Gasteiger partial charge on any atom is -0.462 e. The maximum absolute atomic E-state index is 13.5. The van der Waals surface area contributed by atoms with Crippen molar-refractivity contribution >= 4 is 57.8 Å². The number of thiocarbonyl (C=S) groups is 1. The van der Waals surface area contributed by atoms with E-state index in [-0.39, 0.29) is 30.0 Å². The van der Waals surface area contributed by atoms with Gasteiger partial charge in [-0.05, 0) is 98.0 Å². The number of anilines is 2. The summed E-state index contributed by atoms with van der Waals surface area (Å²) in [5, 5.41) is 5.08. The number of nitrogens with zero attached hydrogens (tertiary/aromatic N) is 2. The van der Waals surface area contributed by atoms with Gasteiger partial charge in [-0.25, -0.2) is 9.18 Å². The number of hydrogen-bond donors (Lipinski definition) is 1. The smallest absolute Gasteiger partial charge is 0.338 e. The number of amides is 2. The highest BCUT2D eigenvalue weighted by molar-refractivity contribution is 7.80. The number of esters is 1. The number of hydrogen-bond acceptors (Lipinski definition) is 6. The van der Waals surface area contributed by atoms with Gasteiger partial charge in [0.05, 0.1) is 24.3 Å². The fourth-order valence-electron chi connectivity index (χ4n) is 4.09. The first-order chi connectivity index (χ1) is 17.8. The summed E-state index contributed by atoms with van der Waals surface area (Å²) in [6.07, 6.45) is 0.543. The second-order valence-corrected chi connectivity index (χ2v) is 9.83. The van der Waals surface area contributed by atoms with E-state index in [9.17, 15) is 18.8 Å². The fraction of sp³-hybridized carbons (Fsp3) is 0.259. The molecule has 192 valence electrons. The van der Waals surface area contributed by atoms with Gasteiger partial charge in [-0.15, -0.1) is 11.3 Å². The Kier molecular flexibility index (Phi) is 8.30. The standard InChI is InChI=1S/C27H26FN3O4S2/c1-3-35-26(34)18-4-8-20(9-5-18)29-24(32)16-22-25(33)31(21-10-6-19(28)7-11-21)27(36)30(22)14-12-23-17(2)13-15-37-23/h4-11,13,15,22H,3,12,14,16H2,1-2H3,(H,29,32)/t22-/m0/s1. The third-order valence-corrected chi connectivity index (χ3v) is 7.51. The lowest BCUT2D eigenvalue weighted by Crippen LogP contribution is -2.39. The molecule has 1 N–H and O–H groups in total. The molecule has 10 heteroatoms. The van der Waals surface area contributed by atoms with Crippen LogP contribution in [0.15, 0.2) is 60.0 Å². The molecule has 7 nitrogen and oxygen atoms in total. The number of carbonyl (C=O) groups excluding carboxylic acids is 3. The molecule has 1 saturated heterocycles. The minimum absolute atomic E-state index is 0.125. The van der Waals surface area contributed by atoms with E-state index >= 15 is 0 Å². The van der Waals surface area contributed by atoms with Crippen LogP contribution in [0.1, 0.15) is 34.1 Å². The molecule has 2 heterocycles. The maximum atomic E-state index is 13.5. The molecule has 2 aromatic carbocycles. The number of aryl methyl sites for hydroxylation is 1. The molecule has 0 spiro atoms. The number of benzene rings is 2. The van der Waals surface area contributed by atoms with Crippen LogP contribution in [-0.4, -0.2) is 47.0 Å². The van der Waals surface area contributed by atoms with Gasteiger partial charge >= 0.3 is 5.97 Å². The van der Waals surface area contributed by atoms with E-state index in [1.54, 1.807) is 47.4 Å². The molecule has 0 saturated carbocycles. The van der Waals surface area contributed by atoms with Gasteiger partial charge < -0.3 is 15.0 Å². The molecule has 0 radical (unpaired) electrons. The quantitative estimate of drug-likeness (QED) is 0.306. The van der Waals surface area contributed by atoms with Crippen LogP contribution in [-0.2, 0) is 20.7 Å². The Morgan fingerprint density at radius 2 is 1.81 bits per heavy atom. The van der Waals surface area contributed by atoms with Crippen molar-refractivity contribution in [2.75, 3.05) is 23.4 Å². The zero-order valence-electron chi connectivity index (χ0n) is 20.4. The number of nitrogens with one attached hydrogen (secondary N) is 1. The molecule has 1 atom stereocenters. The van der Waals surface area contributed by atoms with E-state index in [2.05, 4.69) is 5.32 Å². The molecule has 2 amide bonds. The Morgan fingerprint density at radius 1 is 1.11 bits per heavy atom. The van der Waals surface area contributed by atoms with Crippen molar-refractivity contribution in [3.63, 3.8) is 0 Å². The van der Waals surface area contributed by atoms with Crippen molar-refractivity contribution in [3.8, 4) is 0 Å². The van der Waals surface area contributed by atoms with Crippen molar-refractivity contribution in [3.05, 3.63) is 81.8 Å². The van der Waals surface area contributed by atoms with Gasteiger partial charge in [0.25, 0.3) is 5.91 Å². The largest absolute Gasteiger partial charge is 0.462 e. The summed E-state index contributed by atoms with van der Waals surface area (Å²) in [6.45, 7) is 4.48. The van der Waals surface area contributed by atoms with Crippen LogP contribution in [0.4, 0.5) is 15.8 Å². The highest BCUT2D eigenvalue weighted by Gasteiger charge is 2.44. The van der Waals surface area contributed by atoms with E-state index in [0.29, 0.717) is 29.9 Å². The van der Waals surface area contributed by atoms with E-state index in [0.717, 1.165) is 5.56 Å². The van der Waals surface area contributed by atoms with Crippen LogP contribution in [0.2, 0.25) is 0 Å². The number of rotatable bonds is 9. The SMILES string of the molecule is CCOC(=O)c1ccc(NC(=O)C[C@H]2C(=O)N(c3ccc(F)cc3)C(=S)N2CCc2sccc2C)cc1. The van der Waals surface area contributed by atoms with Crippen LogP contribution in [0.3, 0.4) is 0 Å². The number of thiophene rings is 1. The summed E-state index contributed by atoms with van der Waals surface area (Å²) in [5.74, 6) is -1.57. The summed E-state index contributed by atoms with van der Waals surface area (Å²) in [6, 6.07) is 13.1. The Hall–Kier alpha value is -3.63. The first kappa shape index (κ1) is 26.4. The molecule has 0 bridgehead atoms. The molecular formula is C27H26FN3O4S2. The molecular weight excluding hydrogens is 513 g/mol. The van der Waals surface area contributed by atoms with Crippen molar-refractivity contribution in [1.82, 2.24) is 4.90 Å². The molecule has 3 aromatic rings. The van der Waals surface area contributed by atoms with Crippen LogP contribution in [0.25, 0.3) is 0 Å². The van der Waals surface area contributed by atoms with Crippen LogP contribution < -0.4 is 10.2 Å². The molecule has 4 rings (SSSR count). The second kappa shape index (κ2) is 11.6. The Morgan fingerprint density at radius 3 is 2.43 bits per heavy atom. The van der Waals surface area contributed by atoms with Crippen molar-refractivity contribution in [2.24, 2.45) is 0 Å². The number of ether oxygens (including phenoxy) is 1. The number of halogens is 1. The average Bonchev–Trinajstić information content (AvgIpc) is 3.38. The summed E-state index contributed by atoms with van der Waals surface area (Å²) in [4.78, 5) is 42.6. The van der Waals surface area contributed by atoms with Crippen LogP contribution in [0, 0.1) is 12.7 Å². The maximum Gasteiger partial charge on any atom is 0.338 e. The van der Waals surface area contributed by atoms with E-state index in [1.807, 2.05) is 18.4 Å². The molecule has 37 heavy (non-hydrogen) atoms. The highest BCUT2D eigenvalue weighted by Crippen LogP contribution is 2.29. The highest BCUT2D eigenvalue weighted by atomic mass is 32.1. The predicted molar refractivity (Wildman–Crippen MR) is 145 cm³/mol. The molecule has 1 aliphatic heterocycles. The fourth-order valence-corrected chi connectivity index (χ4v) is 5.40. The lowest BCUT2D eigenvalue weighted by atomic mass is 10.1. The van der Waals surface area contributed by atoms with Crippen LogP contribution in [0.5, 0.6) is 0 Å². The Balaban J connectivity index is 1.51. The van der Waals surface area contributed by atoms with Crippen molar-refractivity contribution in [2.45, 2.75) is 32.7 Å². The van der Waals surface area contributed by atoms with E-state index in [1.165, 1.54) is 34.0 Å². The van der Waals surface area contributed by atoms with Crippen molar-refractivity contribution in [1.29, 1.82) is 0 Å². The predicted octanol–water partition coefficient (Wildman–Crippen LogP) is 4.95. The van der Waals surface area contributed by atoms with E-state index in [4.69, 9.17) is 17.0 Å². The monoisotopic (exact) mass is 539 g/mol. The summed E-state index contributed by atoms with van der Waals surface area (Å²) in [5.41, 5.74) is 2.48. The molecule has 1 aromatic heterocycles. The summed E-state index contributed by atoms with van der Waals surface area (Å²) in [7, 11) is 0. The zero-order valence-corrected chi connectivity index (χ0v) is 22.0. The Labute approximate surface area is 223 Å². The van der Waals surface area contributed by atoms with E-state index < -0.39 is 17.8 Å². The van der Waals surface area contributed by atoms with Gasteiger partial charge in [0.1, 0.15) is 11.9 Å². The van der Waals surface area contributed by atoms with Gasteiger partial charge in [-0.3, -0.25) is 14.5 Å². The number of carbonyl (C=O) groups is 3.